The summed E-state index contributed by atoms with van der Waals surface area (Å²) in [5.41, 5.74) is 1.24. The zero-order valence-electron chi connectivity index (χ0n) is 12.6. The summed E-state index contributed by atoms with van der Waals surface area (Å²) in [6.45, 7) is 0.607. The Balaban J connectivity index is 1.92. The molecule has 1 fully saturated rings. The molecule has 5 nitrogen and oxygen atoms in total. The SMILES string of the molecule is CCC(=O)Nc1ccc(NC2CCN(CC(F)(F)F)C2=O)cc1. The van der Waals surface area contributed by atoms with E-state index in [1.54, 1.807) is 31.2 Å². The van der Waals surface area contributed by atoms with Gasteiger partial charge in [0.2, 0.25) is 11.8 Å². The van der Waals surface area contributed by atoms with Crippen LogP contribution >= 0.6 is 0 Å². The summed E-state index contributed by atoms with van der Waals surface area (Å²) in [7, 11) is 0. The van der Waals surface area contributed by atoms with Gasteiger partial charge in [-0.15, -0.1) is 0 Å². The number of nitrogens with zero attached hydrogens (tertiary/aromatic N) is 1. The molecule has 126 valence electrons. The summed E-state index contributed by atoms with van der Waals surface area (Å²) >= 11 is 0. The molecule has 1 atom stereocenters. The number of anilines is 2. The minimum atomic E-state index is -4.39. The average Bonchev–Trinajstić information content (AvgIpc) is 2.80. The molecule has 1 saturated heterocycles. The molecule has 0 spiro atoms. The lowest BCUT2D eigenvalue weighted by atomic mass is 10.2. The molecule has 1 aliphatic rings. The van der Waals surface area contributed by atoms with Gasteiger partial charge in [-0.2, -0.15) is 13.2 Å². The van der Waals surface area contributed by atoms with E-state index >= 15 is 0 Å². The number of likely N-dealkylation sites (tertiary alicyclic amines) is 1. The van der Waals surface area contributed by atoms with Gasteiger partial charge in [0.15, 0.2) is 0 Å². The van der Waals surface area contributed by atoms with Crippen LogP contribution in [0.4, 0.5) is 24.5 Å². The van der Waals surface area contributed by atoms with Crippen LogP contribution in [0.3, 0.4) is 0 Å². The van der Waals surface area contributed by atoms with E-state index in [2.05, 4.69) is 10.6 Å². The molecule has 1 unspecified atom stereocenters. The Labute approximate surface area is 131 Å². The van der Waals surface area contributed by atoms with Gasteiger partial charge in [-0.3, -0.25) is 9.59 Å². The van der Waals surface area contributed by atoms with E-state index in [1.807, 2.05) is 0 Å². The van der Waals surface area contributed by atoms with Crippen molar-refractivity contribution in [1.29, 1.82) is 0 Å². The molecule has 1 aromatic carbocycles. The summed E-state index contributed by atoms with van der Waals surface area (Å²) in [5, 5.41) is 5.62. The van der Waals surface area contributed by atoms with Crippen LogP contribution in [0.5, 0.6) is 0 Å². The van der Waals surface area contributed by atoms with Crippen LogP contribution in [-0.4, -0.2) is 42.0 Å². The molecule has 2 amide bonds. The maximum Gasteiger partial charge on any atom is 0.406 e. The molecule has 2 rings (SSSR count). The third-order valence-electron chi connectivity index (χ3n) is 3.50. The van der Waals surface area contributed by atoms with Crippen molar-refractivity contribution < 1.29 is 22.8 Å². The largest absolute Gasteiger partial charge is 0.406 e. The fourth-order valence-corrected chi connectivity index (χ4v) is 2.35. The van der Waals surface area contributed by atoms with E-state index in [1.165, 1.54) is 0 Å². The normalized spacial score (nSPS) is 18.2. The second kappa shape index (κ2) is 6.89. The van der Waals surface area contributed by atoms with Crippen LogP contribution in [0.2, 0.25) is 0 Å². The lowest BCUT2D eigenvalue weighted by Crippen LogP contribution is -2.39. The van der Waals surface area contributed by atoms with Crippen molar-refractivity contribution in [2.45, 2.75) is 32.0 Å². The number of benzene rings is 1. The fraction of sp³-hybridized carbons (Fsp3) is 0.467. The molecule has 1 aromatic rings. The summed E-state index contributed by atoms with van der Waals surface area (Å²) in [6.07, 6.45) is -3.70. The molecule has 0 aliphatic carbocycles. The number of halogens is 3. The van der Waals surface area contributed by atoms with Gasteiger partial charge in [0, 0.05) is 24.3 Å². The van der Waals surface area contributed by atoms with Crippen LogP contribution in [0.25, 0.3) is 0 Å². The standard InChI is InChI=1S/C15H18F3N3O2/c1-2-13(22)20-11-5-3-10(4-6-11)19-12-7-8-21(14(12)23)9-15(16,17)18/h3-6,12,19H,2,7-9H2,1H3,(H,20,22). The lowest BCUT2D eigenvalue weighted by Gasteiger charge is -2.19. The van der Waals surface area contributed by atoms with Crippen LogP contribution in [0.1, 0.15) is 19.8 Å². The highest BCUT2D eigenvalue weighted by atomic mass is 19.4. The smallest absolute Gasteiger partial charge is 0.374 e. The van der Waals surface area contributed by atoms with E-state index in [-0.39, 0.29) is 12.5 Å². The van der Waals surface area contributed by atoms with Gasteiger partial charge >= 0.3 is 6.18 Å². The highest BCUT2D eigenvalue weighted by Gasteiger charge is 2.39. The van der Waals surface area contributed by atoms with Gasteiger partial charge in [0.25, 0.3) is 0 Å². The first-order chi connectivity index (χ1) is 10.8. The summed E-state index contributed by atoms with van der Waals surface area (Å²) in [5.74, 6) is -0.662. The molecule has 0 radical (unpaired) electrons. The maximum atomic E-state index is 12.4. The molecule has 0 bridgehead atoms. The predicted octanol–water partition coefficient (Wildman–Crippen LogP) is 2.61. The van der Waals surface area contributed by atoms with Gasteiger partial charge in [0.1, 0.15) is 12.6 Å². The van der Waals surface area contributed by atoms with Crippen molar-refractivity contribution in [3.8, 4) is 0 Å². The Morgan fingerprint density at radius 2 is 1.87 bits per heavy atom. The Bertz CT molecular complexity index is 572. The summed E-state index contributed by atoms with van der Waals surface area (Å²) < 4.78 is 37.1. The molecule has 2 N–H and O–H groups in total. The molecule has 1 aliphatic heterocycles. The molecular formula is C15H18F3N3O2. The number of alkyl halides is 3. The zero-order chi connectivity index (χ0) is 17.0. The number of carbonyl (C=O) groups is 2. The van der Waals surface area contributed by atoms with Gasteiger partial charge in [-0.25, -0.2) is 0 Å². The Hall–Kier alpha value is -2.25. The molecule has 23 heavy (non-hydrogen) atoms. The molecule has 8 heteroatoms. The third-order valence-corrected chi connectivity index (χ3v) is 3.50. The van der Waals surface area contributed by atoms with E-state index in [0.29, 0.717) is 24.2 Å². The topological polar surface area (TPSA) is 61.4 Å². The number of nitrogens with one attached hydrogen (secondary N) is 2. The van der Waals surface area contributed by atoms with Crippen molar-refractivity contribution in [3.63, 3.8) is 0 Å². The molecule has 1 heterocycles. The second-order valence-corrected chi connectivity index (χ2v) is 5.34. The van der Waals surface area contributed by atoms with Crippen LogP contribution < -0.4 is 10.6 Å². The van der Waals surface area contributed by atoms with Gasteiger partial charge in [-0.05, 0) is 30.7 Å². The molecule has 0 saturated carbocycles. The summed E-state index contributed by atoms with van der Waals surface area (Å²) in [4.78, 5) is 24.0. The van der Waals surface area contributed by atoms with Crippen molar-refractivity contribution in [2.24, 2.45) is 0 Å². The first-order valence-electron chi connectivity index (χ1n) is 7.30. The number of hydrogen-bond acceptors (Lipinski definition) is 3. The number of carbonyl (C=O) groups excluding carboxylic acids is 2. The molecular weight excluding hydrogens is 311 g/mol. The van der Waals surface area contributed by atoms with Crippen molar-refractivity contribution in [3.05, 3.63) is 24.3 Å². The average molecular weight is 329 g/mol. The summed E-state index contributed by atoms with van der Waals surface area (Å²) in [6, 6.07) is 6.02. The predicted molar refractivity (Wildman–Crippen MR) is 80.0 cm³/mol. The second-order valence-electron chi connectivity index (χ2n) is 5.34. The number of hydrogen-bond donors (Lipinski definition) is 2. The van der Waals surface area contributed by atoms with E-state index in [0.717, 1.165) is 4.90 Å². The van der Waals surface area contributed by atoms with Gasteiger partial charge in [0.05, 0.1) is 0 Å². The van der Waals surface area contributed by atoms with Gasteiger partial charge in [-0.1, -0.05) is 6.92 Å². The highest BCUT2D eigenvalue weighted by molar-refractivity contribution is 5.91. The lowest BCUT2D eigenvalue weighted by molar-refractivity contribution is -0.157. The third kappa shape index (κ3) is 4.87. The number of amides is 2. The fourth-order valence-electron chi connectivity index (χ4n) is 2.35. The van der Waals surface area contributed by atoms with E-state index in [9.17, 15) is 22.8 Å². The van der Waals surface area contributed by atoms with Gasteiger partial charge < -0.3 is 15.5 Å². The van der Waals surface area contributed by atoms with E-state index in [4.69, 9.17) is 0 Å². The Kier molecular flexibility index (Phi) is 5.12. The quantitative estimate of drug-likeness (QED) is 0.873. The molecule has 0 aromatic heterocycles. The van der Waals surface area contributed by atoms with Crippen molar-refractivity contribution in [2.75, 3.05) is 23.7 Å². The first-order valence-corrected chi connectivity index (χ1v) is 7.30. The monoisotopic (exact) mass is 329 g/mol. The van der Waals surface area contributed by atoms with Crippen LogP contribution in [0.15, 0.2) is 24.3 Å². The van der Waals surface area contributed by atoms with Crippen LogP contribution in [0, 0.1) is 0 Å². The maximum absolute atomic E-state index is 12.4. The van der Waals surface area contributed by atoms with Crippen LogP contribution in [-0.2, 0) is 9.59 Å². The minimum absolute atomic E-state index is 0.0840. The van der Waals surface area contributed by atoms with Crippen molar-refractivity contribution >= 4 is 23.2 Å². The Morgan fingerprint density at radius 1 is 1.26 bits per heavy atom. The number of rotatable bonds is 5. The highest BCUT2D eigenvalue weighted by Crippen LogP contribution is 2.23. The zero-order valence-corrected chi connectivity index (χ0v) is 12.6. The van der Waals surface area contributed by atoms with Crippen molar-refractivity contribution in [1.82, 2.24) is 4.90 Å². The van der Waals surface area contributed by atoms with E-state index < -0.39 is 24.7 Å². The first kappa shape index (κ1) is 17.1. The minimum Gasteiger partial charge on any atom is -0.374 e. The Morgan fingerprint density at radius 3 is 2.43 bits per heavy atom.